The lowest BCUT2D eigenvalue weighted by Crippen LogP contribution is -2.29. The number of anilines is 1. The maximum absolute atomic E-state index is 13.8. The lowest BCUT2D eigenvalue weighted by atomic mass is 9.95. The molecule has 1 atom stereocenters. The molecule has 1 aromatic heterocycles. The van der Waals surface area contributed by atoms with Crippen molar-refractivity contribution >= 4 is 39.9 Å². The maximum atomic E-state index is 13.8. The van der Waals surface area contributed by atoms with Crippen LogP contribution in [0.25, 0.3) is 5.76 Å². The van der Waals surface area contributed by atoms with E-state index in [2.05, 4.69) is 4.98 Å². The monoisotopic (exact) mass is 656 g/mol. The van der Waals surface area contributed by atoms with Crippen molar-refractivity contribution in [3.63, 3.8) is 0 Å². The zero-order chi connectivity index (χ0) is 33.1. The molecular formula is C35H32N2O9S. The fourth-order valence-corrected chi connectivity index (χ4v) is 6.37. The van der Waals surface area contributed by atoms with E-state index in [1.165, 1.54) is 4.90 Å². The SMILES string of the molecule is CCOC(=O)c1sc(N2C(=O)C(=O)/C(=C(/O)c3ccc4c(c3)OCCO4)[C@@H]2c2ccc(OCc3ccccc3)c(OCC)c2)nc1C. The topological polar surface area (TPSA) is 134 Å². The van der Waals surface area contributed by atoms with Crippen LogP contribution in [0, 0.1) is 6.92 Å². The molecule has 0 aliphatic carbocycles. The van der Waals surface area contributed by atoms with Gasteiger partial charge in [0.05, 0.1) is 30.5 Å². The predicted octanol–water partition coefficient (Wildman–Crippen LogP) is 6.00. The number of hydrogen-bond acceptors (Lipinski definition) is 11. The maximum Gasteiger partial charge on any atom is 0.350 e. The van der Waals surface area contributed by atoms with Crippen LogP contribution in [0.5, 0.6) is 23.0 Å². The molecule has 1 fully saturated rings. The molecule has 47 heavy (non-hydrogen) atoms. The van der Waals surface area contributed by atoms with E-state index in [9.17, 15) is 19.5 Å². The van der Waals surface area contributed by atoms with Gasteiger partial charge in [0.2, 0.25) is 0 Å². The molecule has 0 saturated carbocycles. The first-order valence-corrected chi connectivity index (χ1v) is 15.9. The highest BCUT2D eigenvalue weighted by molar-refractivity contribution is 7.17. The fraction of sp³-hybridized carbons (Fsp3) is 0.257. The van der Waals surface area contributed by atoms with Crippen molar-refractivity contribution in [2.75, 3.05) is 31.3 Å². The number of aromatic nitrogens is 1. The van der Waals surface area contributed by atoms with Crippen LogP contribution in [0.4, 0.5) is 5.13 Å². The van der Waals surface area contributed by atoms with Gasteiger partial charge in [0.1, 0.15) is 30.5 Å². The van der Waals surface area contributed by atoms with Crippen LogP contribution in [0.1, 0.15) is 51.9 Å². The Labute approximate surface area is 274 Å². The summed E-state index contributed by atoms with van der Waals surface area (Å²) in [5, 5.41) is 11.8. The van der Waals surface area contributed by atoms with Crippen molar-refractivity contribution in [1.82, 2.24) is 4.98 Å². The van der Waals surface area contributed by atoms with Crippen LogP contribution in [-0.4, -0.2) is 54.2 Å². The minimum Gasteiger partial charge on any atom is -0.507 e. The number of hydrogen-bond donors (Lipinski definition) is 1. The molecule has 242 valence electrons. The molecule has 2 aliphatic rings. The molecule has 0 unspecified atom stereocenters. The van der Waals surface area contributed by atoms with Gasteiger partial charge >= 0.3 is 11.9 Å². The molecule has 4 aromatic rings. The highest BCUT2D eigenvalue weighted by Gasteiger charge is 2.49. The number of esters is 1. The van der Waals surface area contributed by atoms with E-state index in [4.69, 9.17) is 23.7 Å². The van der Waals surface area contributed by atoms with E-state index >= 15 is 0 Å². The van der Waals surface area contributed by atoms with E-state index < -0.39 is 29.5 Å². The number of rotatable bonds is 10. The summed E-state index contributed by atoms with van der Waals surface area (Å²) in [5.41, 5.74) is 1.84. The number of Topliss-reactive ketones (excluding diaryl/α,β-unsaturated/α-hetero) is 1. The van der Waals surface area contributed by atoms with Crippen LogP contribution in [0.3, 0.4) is 0 Å². The van der Waals surface area contributed by atoms with E-state index in [-0.39, 0.29) is 34.4 Å². The quantitative estimate of drug-likeness (QED) is 0.0937. The molecule has 12 heteroatoms. The van der Waals surface area contributed by atoms with Gasteiger partial charge in [-0.2, -0.15) is 0 Å². The van der Waals surface area contributed by atoms with Gasteiger partial charge < -0.3 is 28.8 Å². The van der Waals surface area contributed by atoms with Crippen molar-refractivity contribution in [1.29, 1.82) is 0 Å². The molecule has 3 aromatic carbocycles. The summed E-state index contributed by atoms with van der Waals surface area (Å²) in [6.07, 6.45) is 0. The Hall–Kier alpha value is -5.36. The second kappa shape index (κ2) is 13.6. The summed E-state index contributed by atoms with van der Waals surface area (Å²) in [4.78, 5) is 46.2. The second-order valence-electron chi connectivity index (χ2n) is 10.6. The summed E-state index contributed by atoms with van der Waals surface area (Å²) in [6, 6.07) is 18.4. The Morgan fingerprint density at radius 3 is 2.47 bits per heavy atom. The van der Waals surface area contributed by atoms with Gasteiger partial charge in [0.25, 0.3) is 5.78 Å². The number of aliphatic hydroxyl groups is 1. The van der Waals surface area contributed by atoms with Gasteiger partial charge in [-0.05, 0) is 62.2 Å². The summed E-state index contributed by atoms with van der Waals surface area (Å²) >= 11 is 0.931. The molecule has 6 rings (SSSR count). The van der Waals surface area contributed by atoms with Crippen LogP contribution in [-0.2, 0) is 20.9 Å². The summed E-state index contributed by atoms with van der Waals surface area (Å²) < 4.78 is 28.5. The molecule has 1 N–H and O–H groups in total. The summed E-state index contributed by atoms with van der Waals surface area (Å²) in [7, 11) is 0. The van der Waals surface area contributed by atoms with Crippen LogP contribution in [0.15, 0.2) is 72.3 Å². The third-order valence-electron chi connectivity index (χ3n) is 7.53. The number of aryl methyl sites for hydroxylation is 1. The number of carbonyl (C=O) groups is 3. The minimum absolute atomic E-state index is 0.0984. The first kappa shape index (κ1) is 31.6. The van der Waals surface area contributed by atoms with Crippen LogP contribution in [0.2, 0.25) is 0 Å². The van der Waals surface area contributed by atoms with Crippen LogP contribution < -0.4 is 23.8 Å². The third-order valence-corrected chi connectivity index (χ3v) is 8.67. The number of ketones is 1. The fourth-order valence-electron chi connectivity index (χ4n) is 5.38. The van der Waals surface area contributed by atoms with Gasteiger partial charge in [-0.3, -0.25) is 14.5 Å². The van der Waals surface area contributed by atoms with E-state index in [0.717, 1.165) is 16.9 Å². The standard InChI is InChI=1S/C35H32N2O9S/c1-4-42-26-17-22(11-13-25(26)46-19-21-9-7-6-8-10-21)29-28(30(38)23-12-14-24-27(18-23)45-16-15-44-24)31(39)33(40)37(29)35-36-20(3)32(47-35)34(41)43-5-2/h6-14,17-18,29,38H,4-5,15-16,19H2,1-3H3/b30-28+/t29-/m0/s1. The zero-order valence-electron chi connectivity index (χ0n) is 26.0. The smallest absolute Gasteiger partial charge is 0.350 e. The Bertz CT molecular complexity index is 1870. The third kappa shape index (κ3) is 6.24. The van der Waals surface area contributed by atoms with E-state index in [1.54, 1.807) is 50.2 Å². The summed E-state index contributed by atoms with van der Waals surface area (Å²) in [6.45, 7) is 6.62. The molecule has 0 spiro atoms. The van der Waals surface area contributed by atoms with Gasteiger partial charge in [0.15, 0.2) is 28.1 Å². The average Bonchev–Trinajstić information content (AvgIpc) is 3.60. The second-order valence-corrected chi connectivity index (χ2v) is 11.5. The number of fused-ring (bicyclic) bond motifs is 1. The van der Waals surface area contributed by atoms with Gasteiger partial charge in [-0.15, -0.1) is 0 Å². The van der Waals surface area contributed by atoms with Gasteiger partial charge in [-0.1, -0.05) is 47.7 Å². The molecule has 2 aliphatic heterocycles. The van der Waals surface area contributed by atoms with E-state index in [1.807, 2.05) is 37.3 Å². The molecule has 1 amide bonds. The van der Waals surface area contributed by atoms with Crippen molar-refractivity contribution < 1.29 is 43.2 Å². The number of nitrogens with zero attached hydrogens (tertiary/aromatic N) is 2. The molecule has 11 nitrogen and oxygen atoms in total. The van der Waals surface area contributed by atoms with E-state index in [0.29, 0.717) is 54.1 Å². The number of benzene rings is 3. The Balaban J connectivity index is 1.47. The largest absolute Gasteiger partial charge is 0.507 e. The number of amides is 1. The van der Waals surface area contributed by atoms with Gasteiger partial charge in [-0.25, -0.2) is 9.78 Å². The van der Waals surface area contributed by atoms with Crippen molar-refractivity contribution in [3.8, 4) is 23.0 Å². The Morgan fingerprint density at radius 2 is 1.72 bits per heavy atom. The number of ether oxygens (including phenoxy) is 5. The number of carbonyl (C=O) groups excluding carboxylic acids is 3. The number of aliphatic hydroxyl groups excluding tert-OH is 1. The molecular weight excluding hydrogens is 624 g/mol. The average molecular weight is 657 g/mol. The Kier molecular flexibility index (Phi) is 9.12. The highest BCUT2D eigenvalue weighted by atomic mass is 32.1. The molecule has 0 bridgehead atoms. The van der Waals surface area contributed by atoms with Crippen LogP contribution >= 0.6 is 11.3 Å². The molecule has 0 radical (unpaired) electrons. The van der Waals surface area contributed by atoms with Gasteiger partial charge in [0, 0.05) is 5.56 Å². The molecule has 3 heterocycles. The minimum atomic E-state index is -1.13. The Morgan fingerprint density at radius 1 is 0.957 bits per heavy atom. The normalized spacial score (nSPS) is 16.7. The predicted molar refractivity (Wildman–Crippen MR) is 173 cm³/mol. The lowest BCUT2D eigenvalue weighted by molar-refractivity contribution is -0.132. The number of thiazole rings is 1. The highest BCUT2D eigenvalue weighted by Crippen LogP contribution is 2.46. The van der Waals surface area contributed by atoms with Crippen molar-refractivity contribution in [2.24, 2.45) is 0 Å². The summed E-state index contributed by atoms with van der Waals surface area (Å²) in [5.74, 6) is -1.09. The van der Waals surface area contributed by atoms with Crippen molar-refractivity contribution in [2.45, 2.75) is 33.4 Å². The van der Waals surface area contributed by atoms with Crippen molar-refractivity contribution in [3.05, 3.63) is 99.6 Å². The molecule has 1 saturated heterocycles. The first-order valence-electron chi connectivity index (χ1n) is 15.1. The first-order chi connectivity index (χ1) is 22.8. The lowest BCUT2D eigenvalue weighted by Gasteiger charge is -2.24. The zero-order valence-corrected chi connectivity index (χ0v) is 26.8.